The van der Waals surface area contributed by atoms with E-state index in [0.29, 0.717) is 25.2 Å². The van der Waals surface area contributed by atoms with Gasteiger partial charge in [0.1, 0.15) is 12.2 Å². The predicted octanol–water partition coefficient (Wildman–Crippen LogP) is 1.47. The van der Waals surface area contributed by atoms with Gasteiger partial charge in [-0.1, -0.05) is 43.7 Å². The van der Waals surface area contributed by atoms with Crippen LogP contribution < -0.4 is 10.2 Å². The monoisotopic (exact) mass is 424 g/mol. The van der Waals surface area contributed by atoms with E-state index < -0.39 is 0 Å². The number of rotatable bonds is 10. The standard InChI is InChI=1S/C24H33N5O2/c1-2-3-14-29(24(31)22-18-25-12-13-26-22)17-11-23(30)27-21-9-15-28(16-10-21)19-20-7-5-4-6-8-20/h4-8,12-13,18,21H,2-3,9-11,14-17,19H2,1H3,(H,27,30)/p+1. The first-order valence-electron chi connectivity index (χ1n) is 11.4. The minimum atomic E-state index is -0.160. The van der Waals surface area contributed by atoms with E-state index in [4.69, 9.17) is 0 Å². The van der Waals surface area contributed by atoms with Crippen molar-refractivity contribution in [3.05, 3.63) is 60.2 Å². The normalized spacial score (nSPS) is 18.4. The van der Waals surface area contributed by atoms with Crippen molar-refractivity contribution in [1.82, 2.24) is 20.2 Å². The van der Waals surface area contributed by atoms with E-state index in [1.807, 2.05) is 6.07 Å². The molecule has 1 fully saturated rings. The van der Waals surface area contributed by atoms with Crippen molar-refractivity contribution in [2.75, 3.05) is 26.2 Å². The average Bonchev–Trinajstić information content (AvgIpc) is 2.81. The van der Waals surface area contributed by atoms with Crippen LogP contribution in [0.5, 0.6) is 0 Å². The molecule has 7 heteroatoms. The zero-order chi connectivity index (χ0) is 21.9. The Bertz CT molecular complexity index is 807. The van der Waals surface area contributed by atoms with Gasteiger partial charge in [-0.3, -0.25) is 14.6 Å². The largest absolute Gasteiger partial charge is 0.353 e. The second-order valence-electron chi connectivity index (χ2n) is 8.24. The van der Waals surface area contributed by atoms with Crippen LogP contribution in [-0.2, 0) is 11.3 Å². The smallest absolute Gasteiger partial charge is 0.274 e. The van der Waals surface area contributed by atoms with Gasteiger partial charge in [-0.2, -0.15) is 0 Å². The summed E-state index contributed by atoms with van der Waals surface area (Å²) >= 11 is 0. The summed E-state index contributed by atoms with van der Waals surface area (Å²) < 4.78 is 0. The van der Waals surface area contributed by atoms with Gasteiger partial charge in [0, 0.05) is 56.4 Å². The number of amides is 2. The number of likely N-dealkylation sites (tertiary alicyclic amines) is 1. The molecule has 1 aromatic heterocycles. The maximum absolute atomic E-state index is 12.7. The molecule has 1 aromatic carbocycles. The Morgan fingerprint density at radius 2 is 1.90 bits per heavy atom. The maximum Gasteiger partial charge on any atom is 0.274 e. The molecule has 2 amide bonds. The van der Waals surface area contributed by atoms with E-state index in [0.717, 1.165) is 45.3 Å². The SMILES string of the molecule is CCCCN(CCC(=O)NC1CC[NH+](Cc2ccccc2)CC1)C(=O)c1cnccn1. The Morgan fingerprint density at radius 3 is 2.58 bits per heavy atom. The number of quaternary nitrogens is 1. The molecule has 166 valence electrons. The molecule has 1 aliphatic heterocycles. The van der Waals surface area contributed by atoms with E-state index in [9.17, 15) is 9.59 Å². The number of hydrogen-bond donors (Lipinski definition) is 2. The third kappa shape index (κ3) is 7.43. The molecule has 0 aliphatic carbocycles. The number of carbonyl (C=O) groups excluding carboxylic acids is 2. The predicted molar refractivity (Wildman–Crippen MR) is 119 cm³/mol. The fourth-order valence-electron chi connectivity index (χ4n) is 4.00. The van der Waals surface area contributed by atoms with Crippen LogP contribution in [-0.4, -0.2) is 58.9 Å². The molecule has 2 aromatic rings. The lowest BCUT2D eigenvalue weighted by Gasteiger charge is -2.30. The first-order chi connectivity index (χ1) is 15.2. The number of nitrogens with zero attached hydrogens (tertiary/aromatic N) is 3. The minimum Gasteiger partial charge on any atom is -0.353 e. The summed E-state index contributed by atoms with van der Waals surface area (Å²) in [7, 11) is 0. The van der Waals surface area contributed by atoms with Crippen LogP contribution in [0, 0.1) is 0 Å². The topological polar surface area (TPSA) is 79.6 Å². The van der Waals surface area contributed by atoms with E-state index in [1.54, 1.807) is 16.0 Å². The van der Waals surface area contributed by atoms with Crippen molar-refractivity contribution in [2.45, 2.75) is 51.6 Å². The lowest BCUT2D eigenvalue weighted by molar-refractivity contribution is -0.918. The van der Waals surface area contributed by atoms with Crippen molar-refractivity contribution >= 4 is 11.8 Å². The molecule has 0 atom stereocenters. The Balaban J connectivity index is 1.42. The maximum atomic E-state index is 12.7. The Hall–Kier alpha value is -2.80. The number of carbonyl (C=O) groups is 2. The zero-order valence-corrected chi connectivity index (χ0v) is 18.4. The van der Waals surface area contributed by atoms with Gasteiger partial charge in [-0.25, -0.2) is 4.98 Å². The first kappa shape index (κ1) is 22.9. The molecule has 31 heavy (non-hydrogen) atoms. The number of nitrogens with one attached hydrogen (secondary N) is 2. The van der Waals surface area contributed by atoms with Crippen molar-refractivity contribution in [2.24, 2.45) is 0 Å². The number of unbranched alkanes of at least 4 members (excludes halogenated alkanes) is 1. The molecule has 0 radical (unpaired) electrons. The van der Waals surface area contributed by atoms with Crippen LogP contribution >= 0.6 is 0 Å². The van der Waals surface area contributed by atoms with Gasteiger partial charge in [-0.15, -0.1) is 0 Å². The van der Waals surface area contributed by atoms with Gasteiger partial charge in [0.05, 0.1) is 19.3 Å². The third-order valence-electron chi connectivity index (χ3n) is 5.81. The Kier molecular flexibility index (Phi) is 8.97. The molecule has 0 unspecified atom stereocenters. The summed E-state index contributed by atoms with van der Waals surface area (Å²) in [6.07, 6.45) is 8.73. The number of hydrogen-bond acceptors (Lipinski definition) is 4. The number of aromatic nitrogens is 2. The second-order valence-corrected chi connectivity index (χ2v) is 8.24. The Morgan fingerprint density at radius 1 is 1.13 bits per heavy atom. The van der Waals surface area contributed by atoms with Crippen LogP contribution in [0.15, 0.2) is 48.9 Å². The highest BCUT2D eigenvalue weighted by molar-refractivity contribution is 5.92. The van der Waals surface area contributed by atoms with E-state index in [-0.39, 0.29) is 17.9 Å². The molecule has 0 bridgehead atoms. The van der Waals surface area contributed by atoms with Gasteiger partial charge >= 0.3 is 0 Å². The van der Waals surface area contributed by atoms with Gasteiger partial charge in [-0.05, 0) is 6.42 Å². The van der Waals surface area contributed by atoms with E-state index in [1.165, 1.54) is 18.0 Å². The van der Waals surface area contributed by atoms with Gasteiger partial charge < -0.3 is 15.1 Å². The molecular formula is C24H34N5O2+. The molecule has 2 N–H and O–H groups in total. The van der Waals surface area contributed by atoms with Crippen LogP contribution in [0.1, 0.15) is 55.1 Å². The van der Waals surface area contributed by atoms with E-state index in [2.05, 4.69) is 46.5 Å². The molecule has 0 spiro atoms. The summed E-state index contributed by atoms with van der Waals surface area (Å²) in [4.78, 5) is 36.6. The van der Waals surface area contributed by atoms with Crippen molar-refractivity contribution in [3.8, 4) is 0 Å². The molecule has 2 heterocycles. The molecule has 1 aliphatic rings. The zero-order valence-electron chi connectivity index (χ0n) is 18.4. The minimum absolute atomic E-state index is 0.0185. The van der Waals surface area contributed by atoms with Gasteiger partial charge in [0.25, 0.3) is 5.91 Å². The molecule has 7 nitrogen and oxygen atoms in total. The van der Waals surface area contributed by atoms with Crippen LogP contribution in [0.4, 0.5) is 0 Å². The number of benzene rings is 1. The van der Waals surface area contributed by atoms with Crippen molar-refractivity contribution < 1.29 is 14.5 Å². The van der Waals surface area contributed by atoms with E-state index >= 15 is 0 Å². The Labute approximate surface area is 184 Å². The molecule has 3 rings (SSSR count). The van der Waals surface area contributed by atoms with Crippen LogP contribution in [0.2, 0.25) is 0 Å². The van der Waals surface area contributed by atoms with Crippen molar-refractivity contribution in [1.29, 1.82) is 0 Å². The quantitative estimate of drug-likeness (QED) is 0.605. The highest BCUT2D eigenvalue weighted by Gasteiger charge is 2.24. The lowest BCUT2D eigenvalue weighted by Crippen LogP contribution is -3.12. The van der Waals surface area contributed by atoms with Gasteiger partial charge in [0.2, 0.25) is 5.91 Å². The second kappa shape index (κ2) is 12.2. The fraction of sp³-hybridized carbons (Fsp3) is 0.500. The lowest BCUT2D eigenvalue weighted by atomic mass is 10.0. The summed E-state index contributed by atoms with van der Waals surface area (Å²) in [6.45, 7) is 6.28. The van der Waals surface area contributed by atoms with Crippen LogP contribution in [0.25, 0.3) is 0 Å². The van der Waals surface area contributed by atoms with Crippen molar-refractivity contribution in [3.63, 3.8) is 0 Å². The van der Waals surface area contributed by atoms with Crippen LogP contribution in [0.3, 0.4) is 0 Å². The molecular weight excluding hydrogens is 390 g/mol. The third-order valence-corrected chi connectivity index (χ3v) is 5.81. The van der Waals surface area contributed by atoms with Gasteiger partial charge in [0.15, 0.2) is 0 Å². The number of piperidine rings is 1. The highest BCUT2D eigenvalue weighted by Crippen LogP contribution is 2.06. The summed E-state index contributed by atoms with van der Waals surface area (Å²) in [5.41, 5.74) is 1.69. The summed E-state index contributed by atoms with van der Waals surface area (Å²) in [5, 5.41) is 3.18. The summed E-state index contributed by atoms with van der Waals surface area (Å²) in [5.74, 6) is -0.142. The average molecular weight is 425 g/mol. The molecule has 1 saturated heterocycles. The first-order valence-corrected chi connectivity index (χ1v) is 11.4. The highest BCUT2D eigenvalue weighted by atomic mass is 16.2. The fourth-order valence-corrected chi connectivity index (χ4v) is 4.00. The molecule has 0 saturated carbocycles. The summed E-state index contributed by atoms with van der Waals surface area (Å²) in [6, 6.07) is 10.8.